The van der Waals surface area contributed by atoms with Crippen LogP contribution in [0.15, 0.2) is 39.0 Å². The maximum Gasteiger partial charge on any atom is 0.350 e. The number of nitrogens with one attached hydrogen (secondary N) is 1. The Morgan fingerprint density at radius 3 is 2.76 bits per heavy atom. The van der Waals surface area contributed by atoms with Crippen LogP contribution in [0.25, 0.3) is 10.2 Å². The molecule has 0 aliphatic heterocycles. The van der Waals surface area contributed by atoms with Gasteiger partial charge >= 0.3 is 5.69 Å². The monoisotopic (exact) mass is 302 g/mol. The predicted molar refractivity (Wildman–Crippen MR) is 80.3 cm³/mol. The molecule has 0 bridgehead atoms. The molecule has 106 valence electrons. The van der Waals surface area contributed by atoms with Gasteiger partial charge in [-0.1, -0.05) is 0 Å². The number of nitrogens with zero attached hydrogens (tertiary/aromatic N) is 3. The molecule has 0 spiro atoms. The Morgan fingerprint density at radius 1 is 1.33 bits per heavy atom. The summed E-state index contributed by atoms with van der Waals surface area (Å²) in [5, 5.41) is 13.5. The topological polar surface area (TPSA) is 100 Å². The molecule has 3 aromatic rings. The smallest absolute Gasteiger partial charge is 0.350 e. The van der Waals surface area contributed by atoms with Crippen molar-refractivity contribution in [3.05, 3.63) is 56.4 Å². The van der Waals surface area contributed by atoms with Crippen LogP contribution in [0.2, 0.25) is 0 Å². The summed E-state index contributed by atoms with van der Waals surface area (Å²) in [6.07, 6.45) is 1.37. The lowest BCUT2D eigenvalue weighted by Crippen LogP contribution is -2.32. The summed E-state index contributed by atoms with van der Waals surface area (Å²) in [5.74, 6) is 0.128. The van der Waals surface area contributed by atoms with E-state index in [0.717, 1.165) is 16.2 Å². The maximum atomic E-state index is 12.3. The summed E-state index contributed by atoms with van der Waals surface area (Å²) >= 11 is 1.07. The summed E-state index contributed by atoms with van der Waals surface area (Å²) in [5.41, 5.74) is 0.0883. The van der Waals surface area contributed by atoms with Crippen LogP contribution in [0.4, 0.5) is 0 Å². The number of aryl methyl sites for hydroxylation is 1. The van der Waals surface area contributed by atoms with Gasteiger partial charge in [-0.25, -0.2) is 4.79 Å². The van der Waals surface area contributed by atoms with Crippen molar-refractivity contribution in [2.45, 2.75) is 6.92 Å². The van der Waals surface area contributed by atoms with Crippen molar-refractivity contribution >= 4 is 28.0 Å². The van der Waals surface area contributed by atoms with Crippen molar-refractivity contribution in [2.75, 3.05) is 0 Å². The number of benzene rings is 1. The third kappa shape index (κ3) is 2.36. The molecule has 2 N–H and O–H groups in total. The lowest BCUT2D eigenvalue weighted by atomic mass is 10.2. The summed E-state index contributed by atoms with van der Waals surface area (Å²) in [4.78, 5) is 27.2. The number of aromatic amines is 1. The number of hydrogen-bond acceptors (Lipinski definition) is 6. The first-order chi connectivity index (χ1) is 10.1. The van der Waals surface area contributed by atoms with Crippen molar-refractivity contribution < 1.29 is 5.11 Å². The molecule has 0 radical (unpaired) electrons. The van der Waals surface area contributed by atoms with Gasteiger partial charge < -0.3 is 5.11 Å². The van der Waals surface area contributed by atoms with E-state index in [-0.39, 0.29) is 5.75 Å². The van der Waals surface area contributed by atoms with Gasteiger partial charge in [-0.3, -0.25) is 9.78 Å². The largest absolute Gasteiger partial charge is 0.508 e. The van der Waals surface area contributed by atoms with Gasteiger partial charge in [-0.05, 0) is 48.3 Å². The molecule has 1 aromatic carbocycles. The normalized spacial score (nSPS) is 11.5. The number of phenols is 1. The molecule has 7 nitrogen and oxygen atoms in total. The molecule has 0 aliphatic carbocycles. The van der Waals surface area contributed by atoms with Crippen LogP contribution in [-0.2, 0) is 0 Å². The van der Waals surface area contributed by atoms with E-state index in [1.165, 1.54) is 18.3 Å². The Labute approximate surface area is 122 Å². The highest BCUT2D eigenvalue weighted by molar-refractivity contribution is 7.12. The lowest BCUT2D eigenvalue weighted by molar-refractivity contribution is 0.475. The second-order valence-electron chi connectivity index (χ2n) is 4.36. The molecule has 3 rings (SSSR count). The molecule has 0 saturated heterocycles. The molecule has 0 unspecified atom stereocenters. The Morgan fingerprint density at radius 2 is 2.05 bits per heavy atom. The van der Waals surface area contributed by atoms with Crippen LogP contribution in [-0.4, -0.2) is 25.4 Å². The molecule has 0 amide bonds. The van der Waals surface area contributed by atoms with E-state index in [0.29, 0.717) is 21.5 Å². The number of hydrogen-bond donors (Lipinski definition) is 2. The lowest BCUT2D eigenvalue weighted by Gasteiger charge is -1.98. The van der Waals surface area contributed by atoms with Crippen molar-refractivity contribution in [3.63, 3.8) is 0 Å². The van der Waals surface area contributed by atoms with Crippen molar-refractivity contribution in [2.24, 2.45) is 5.10 Å². The highest BCUT2D eigenvalue weighted by Crippen LogP contribution is 2.14. The number of aromatic nitrogens is 3. The Balaban J connectivity index is 2.12. The van der Waals surface area contributed by atoms with Crippen molar-refractivity contribution in [1.82, 2.24) is 14.0 Å². The van der Waals surface area contributed by atoms with Crippen LogP contribution in [0.3, 0.4) is 0 Å². The Hall–Kier alpha value is -2.74. The van der Waals surface area contributed by atoms with Crippen LogP contribution in [0.5, 0.6) is 5.75 Å². The van der Waals surface area contributed by atoms with Gasteiger partial charge in [-0.15, -0.1) is 4.68 Å². The van der Waals surface area contributed by atoms with Crippen LogP contribution in [0.1, 0.15) is 11.3 Å². The van der Waals surface area contributed by atoms with E-state index < -0.39 is 11.2 Å². The molecule has 0 saturated carbocycles. The zero-order valence-corrected chi connectivity index (χ0v) is 11.7. The highest BCUT2D eigenvalue weighted by Gasteiger charge is 2.11. The molecular formula is C13H10N4O3S. The predicted octanol–water partition coefficient (Wildman–Crippen LogP) is 1.04. The van der Waals surface area contributed by atoms with Crippen molar-refractivity contribution in [3.8, 4) is 5.75 Å². The summed E-state index contributed by atoms with van der Waals surface area (Å²) in [6, 6.07) is 6.22. The summed E-state index contributed by atoms with van der Waals surface area (Å²) < 4.78 is 4.81. The fraction of sp³-hybridized carbons (Fsp3) is 0.0769. The van der Waals surface area contributed by atoms with Gasteiger partial charge in [0.05, 0.1) is 17.3 Å². The van der Waals surface area contributed by atoms with Crippen LogP contribution in [0, 0.1) is 6.92 Å². The quantitative estimate of drug-likeness (QED) is 0.691. The number of rotatable bonds is 2. The summed E-state index contributed by atoms with van der Waals surface area (Å²) in [7, 11) is 0. The summed E-state index contributed by atoms with van der Waals surface area (Å²) in [6.45, 7) is 1.70. The molecule has 8 heteroatoms. The first kappa shape index (κ1) is 13.3. The Kier molecular flexibility index (Phi) is 3.15. The molecular weight excluding hydrogens is 292 g/mol. The second-order valence-corrected chi connectivity index (χ2v) is 5.13. The molecule has 0 atom stereocenters. The first-order valence-electron chi connectivity index (χ1n) is 6.01. The van der Waals surface area contributed by atoms with Crippen LogP contribution < -0.4 is 11.2 Å². The maximum absolute atomic E-state index is 12.3. The van der Waals surface area contributed by atoms with E-state index in [4.69, 9.17) is 0 Å². The number of phenolic OH excluding ortho intramolecular Hbond substituents is 1. The average Bonchev–Trinajstić information content (AvgIpc) is 2.82. The third-order valence-corrected chi connectivity index (χ3v) is 3.75. The molecule has 2 heterocycles. The minimum atomic E-state index is -0.619. The standard InChI is InChI=1S/C13H10N4O3S/c1-7-10-11(21-16-7)15-13(20)17(12(10)19)14-6-8-2-4-9(18)5-3-8/h2-6,18H,1H3,(H,15,20). The van der Waals surface area contributed by atoms with E-state index >= 15 is 0 Å². The van der Waals surface area contributed by atoms with Crippen LogP contribution >= 0.6 is 11.5 Å². The fourth-order valence-electron chi connectivity index (χ4n) is 1.84. The van der Waals surface area contributed by atoms with Crippen molar-refractivity contribution in [1.29, 1.82) is 0 Å². The van der Waals surface area contributed by atoms with Gasteiger partial charge in [0.2, 0.25) is 0 Å². The zero-order valence-electron chi connectivity index (χ0n) is 10.9. The molecule has 21 heavy (non-hydrogen) atoms. The Bertz CT molecular complexity index is 950. The molecule has 0 aliphatic rings. The second kappa shape index (κ2) is 4.98. The first-order valence-corrected chi connectivity index (χ1v) is 6.78. The van der Waals surface area contributed by atoms with E-state index in [1.54, 1.807) is 19.1 Å². The van der Waals surface area contributed by atoms with E-state index in [2.05, 4.69) is 14.5 Å². The minimum Gasteiger partial charge on any atom is -0.508 e. The van der Waals surface area contributed by atoms with Gasteiger partial charge in [0.1, 0.15) is 10.6 Å². The van der Waals surface area contributed by atoms with Gasteiger partial charge in [0, 0.05) is 0 Å². The van der Waals surface area contributed by atoms with E-state index in [9.17, 15) is 14.7 Å². The molecule has 0 fully saturated rings. The number of fused-ring (bicyclic) bond motifs is 1. The minimum absolute atomic E-state index is 0.128. The highest BCUT2D eigenvalue weighted by atomic mass is 32.1. The third-order valence-electron chi connectivity index (χ3n) is 2.90. The van der Waals surface area contributed by atoms with Gasteiger partial charge in [-0.2, -0.15) is 9.47 Å². The number of H-pyrrole nitrogens is 1. The number of aromatic hydroxyl groups is 1. The van der Waals surface area contributed by atoms with E-state index in [1.807, 2.05) is 0 Å². The molecule has 2 aromatic heterocycles. The van der Waals surface area contributed by atoms with Gasteiger partial charge in [0.15, 0.2) is 0 Å². The SMILES string of the molecule is Cc1nsc2[nH]c(=O)n(N=Cc3ccc(O)cc3)c(=O)c12. The van der Waals surface area contributed by atoms with Gasteiger partial charge in [0.25, 0.3) is 5.56 Å². The zero-order chi connectivity index (χ0) is 15.0. The fourth-order valence-corrected chi connectivity index (χ4v) is 2.62. The average molecular weight is 302 g/mol.